The van der Waals surface area contributed by atoms with Gasteiger partial charge in [0.2, 0.25) is 0 Å². The van der Waals surface area contributed by atoms with Crippen LogP contribution in [0.2, 0.25) is 0 Å². The van der Waals surface area contributed by atoms with Crippen LogP contribution in [0.1, 0.15) is 52.4 Å². The molecule has 0 unspecified atom stereocenters. The molecular formula is C18H34O7. The van der Waals surface area contributed by atoms with Crippen LogP contribution < -0.4 is 0 Å². The normalized spacial score (nSPS) is 10.6. The van der Waals surface area contributed by atoms with Crippen molar-refractivity contribution >= 4 is 11.9 Å². The van der Waals surface area contributed by atoms with E-state index in [9.17, 15) is 9.59 Å². The Morgan fingerprint density at radius 1 is 0.560 bits per heavy atom. The number of esters is 2. The van der Waals surface area contributed by atoms with Crippen molar-refractivity contribution in [2.75, 3.05) is 52.9 Å². The molecule has 7 heteroatoms. The van der Waals surface area contributed by atoms with E-state index in [2.05, 4.69) is 0 Å². The highest BCUT2D eigenvalue weighted by Crippen LogP contribution is 2.00. The molecule has 0 aromatic rings. The zero-order valence-corrected chi connectivity index (χ0v) is 15.8. The SMILES string of the molecule is CCOC(=O)COCCCCCOCCCCCOCC(=O)OCC. The number of rotatable bonds is 18. The van der Waals surface area contributed by atoms with Gasteiger partial charge in [0, 0.05) is 26.4 Å². The number of carbonyl (C=O) groups is 2. The second kappa shape index (κ2) is 19.1. The summed E-state index contributed by atoms with van der Waals surface area (Å²) in [4.78, 5) is 22.0. The van der Waals surface area contributed by atoms with Gasteiger partial charge in [0.05, 0.1) is 13.2 Å². The molecule has 0 aromatic heterocycles. The lowest BCUT2D eigenvalue weighted by Crippen LogP contribution is -2.13. The molecule has 0 aliphatic heterocycles. The lowest BCUT2D eigenvalue weighted by molar-refractivity contribution is -0.149. The van der Waals surface area contributed by atoms with Crippen LogP contribution in [-0.2, 0) is 33.3 Å². The van der Waals surface area contributed by atoms with Crippen molar-refractivity contribution in [3.8, 4) is 0 Å². The summed E-state index contributed by atoms with van der Waals surface area (Å²) < 4.78 is 25.5. The van der Waals surface area contributed by atoms with E-state index >= 15 is 0 Å². The van der Waals surface area contributed by atoms with Crippen molar-refractivity contribution in [1.29, 1.82) is 0 Å². The third-order valence-corrected chi connectivity index (χ3v) is 3.21. The quantitative estimate of drug-likeness (QED) is 0.274. The molecule has 0 saturated heterocycles. The lowest BCUT2D eigenvalue weighted by Gasteiger charge is -2.06. The zero-order chi connectivity index (χ0) is 18.6. The van der Waals surface area contributed by atoms with Crippen molar-refractivity contribution in [2.45, 2.75) is 52.4 Å². The number of hydrogen-bond acceptors (Lipinski definition) is 7. The first-order valence-electron chi connectivity index (χ1n) is 9.25. The van der Waals surface area contributed by atoms with Gasteiger partial charge in [0.25, 0.3) is 0 Å². The maximum absolute atomic E-state index is 11.0. The van der Waals surface area contributed by atoms with Gasteiger partial charge in [-0.15, -0.1) is 0 Å². The Labute approximate surface area is 151 Å². The van der Waals surface area contributed by atoms with E-state index in [0.29, 0.717) is 26.4 Å². The van der Waals surface area contributed by atoms with Crippen LogP contribution in [0.15, 0.2) is 0 Å². The smallest absolute Gasteiger partial charge is 0.332 e. The first kappa shape index (κ1) is 23.8. The second-order valence-corrected chi connectivity index (χ2v) is 5.45. The van der Waals surface area contributed by atoms with E-state index < -0.39 is 0 Å². The predicted octanol–water partition coefficient (Wildman–Crippen LogP) is 2.50. The molecule has 0 radical (unpaired) electrons. The van der Waals surface area contributed by atoms with Crippen molar-refractivity contribution in [3.05, 3.63) is 0 Å². The van der Waals surface area contributed by atoms with E-state index in [4.69, 9.17) is 23.7 Å². The minimum Gasteiger partial charge on any atom is -0.464 e. The third-order valence-electron chi connectivity index (χ3n) is 3.21. The molecule has 0 saturated carbocycles. The molecule has 0 aliphatic carbocycles. The molecule has 0 aliphatic rings. The number of ether oxygens (including phenoxy) is 5. The van der Waals surface area contributed by atoms with Gasteiger partial charge in [-0.2, -0.15) is 0 Å². The Bertz CT molecular complexity index is 291. The molecule has 148 valence electrons. The van der Waals surface area contributed by atoms with E-state index in [1.807, 2.05) is 0 Å². The molecule has 0 spiro atoms. The standard InChI is InChI=1S/C18H34O7/c1-3-24-17(19)15-22-13-9-5-7-11-21-12-8-6-10-14-23-16-18(20)25-4-2/h3-16H2,1-2H3. The van der Waals surface area contributed by atoms with Gasteiger partial charge < -0.3 is 23.7 Å². The van der Waals surface area contributed by atoms with Gasteiger partial charge >= 0.3 is 11.9 Å². The topological polar surface area (TPSA) is 80.3 Å². The summed E-state index contributed by atoms with van der Waals surface area (Å²) in [5.41, 5.74) is 0. The average molecular weight is 362 g/mol. The molecule has 0 bridgehead atoms. The summed E-state index contributed by atoms with van der Waals surface area (Å²) in [6.45, 7) is 7.04. The van der Waals surface area contributed by atoms with E-state index in [1.54, 1.807) is 13.8 Å². The molecule has 0 atom stereocenters. The zero-order valence-electron chi connectivity index (χ0n) is 15.8. The largest absolute Gasteiger partial charge is 0.464 e. The summed E-state index contributed by atoms with van der Waals surface area (Å²) >= 11 is 0. The Balaban J connectivity index is 3.09. The van der Waals surface area contributed by atoms with Gasteiger partial charge in [0.1, 0.15) is 13.2 Å². The van der Waals surface area contributed by atoms with Crippen molar-refractivity contribution in [1.82, 2.24) is 0 Å². The van der Waals surface area contributed by atoms with E-state index in [1.165, 1.54) is 0 Å². The Morgan fingerprint density at radius 2 is 0.920 bits per heavy atom. The lowest BCUT2D eigenvalue weighted by atomic mass is 10.2. The Hall–Kier alpha value is -1.18. The predicted molar refractivity (Wildman–Crippen MR) is 93.4 cm³/mol. The van der Waals surface area contributed by atoms with E-state index in [0.717, 1.165) is 51.7 Å². The fourth-order valence-corrected chi connectivity index (χ4v) is 1.99. The van der Waals surface area contributed by atoms with Crippen molar-refractivity contribution < 1.29 is 33.3 Å². The third kappa shape index (κ3) is 19.0. The number of hydrogen-bond donors (Lipinski definition) is 0. The maximum Gasteiger partial charge on any atom is 0.332 e. The van der Waals surface area contributed by atoms with Crippen molar-refractivity contribution in [2.24, 2.45) is 0 Å². The highest BCUT2D eigenvalue weighted by Gasteiger charge is 2.01. The van der Waals surface area contributed by atoms with E-state index in [-0.39, 0.29) is 25.2 Å². The first-order valence-corrected chi connectivity index (χ1v) is 9.25. The molecule has 0 heterocycles. The molecule has 0 aromatic carbocycles. The fraction of sp³-hybridized carbons (Fsp3) is 0.889. The minimum atomic E-state index is -0.308. The summed E-state index contributed by atoms with van der Waals surface area (Å²) in [6, 6.07) is 0. The number of carbonyl (C=O) groups excluding carboxylic acids is 2. The van der Waals surface area contributed by atoms with Gasteiger partial charge in [-0.25, -0.2) is 9.59 Å². The van der Waals surface area contributed by atoms with Gasteiger partial charge in [-0.3, -0.25) is 0 Å². The minimum absolute atomic E-state index is 0.0356. The number of unbranched alkanes of at least 4 members (excludes halogenated alkanes) is 4. The van der Waals surface area contributed by atoms with Gasteiger partial charge in [-0.1, -0.05) is 0 Å². The van der Waals surface area contributed by atoms with Gasteiger partial charge in [0.15, 0.2) is 0 Å². The molecule has 7 nitrogen and oxygen atoms in total. The maximum atomic E-state index is 11.0. The summed E-state index contributed by atoms with van der Waals surface area (Å²) in [6.07, 6.45) is 5.85. The average Bonchev–Trinajstić information content (AvgIpc) is 2.58. The van der Waals surface area contributed by atoms with Crippen LogP contribution in [0.4, 0.5) is 0 Å². The summed E-state index contributed by atoms with van der Waals surface area (Å²) in [5, 5.41) is 0. The highest BCUT2D eigenvalue weighted by molar-refractivity contribution is 5.70. The monoisotopic (exact) mass is 362 g/mol. The van der Waals surface area contributed by atoms with Crippen LogP contribution >= 0.6 is 0 Å². The van der Waals surface area contributed by atoms with Crippen LogP contribution in [0.3, 0.4) is 0 Å². The van der Waals surface area contributed by atoms with Crippen molar-refractivity contribution in [3.63, 3.8) is 0 Å². The Kier molecular flexibility index (Phi) is 18.2. The Morgan fingerprint density at radius 3 is 1.28 bits per heavy atom. The molecular weight excluding hydrogens is 328 g/mol. The molecule has 25 heavy (non-hydrogen) atoms. The molecule has 0 N–H and O–H groups in total. The fourth-order valence-electron chi connectivity index (χ4n) is 1.99. The molecule has 0 fully saturated rings. The molecule has 0 amide bonds. The van der Waals surface area contributed by atoms with Crippen LogP contribution in [-0.4, -0.2) is 64.8 Å². The van der Waals surface area contributed by atoms with Crippen LogP contribution in [0.25, 0.3) is 0 Å². The van der Waals surface area contributed by atoms with Gasteiger partial charge in [-0.05, 0) is 52.4 Å². The highest BCUT2D eigenvalue weighted by atomic mass is 16.6. The summed E-state index contributed by atoms with van der Waals surface area (Å²) in [5.74, 6) is -0.616. The van der Waals surface area contributed by atoms with Crippen LogP contribution in [0.5, 0.6) is 0 Å². The second-order valence-electron chi connectivity index (χ2n) is 5.45. The van der Waals surface area contributed by atoms with Crippen LogP contribution in [0, 0.1) is 0 Å². The first-order chi connectivity index (χ1) is 12.2. The summed E-state index contributed by atoms with van der Waals surface area (Å²) in [7, 11) is 0. The molecule has 0 rings (SSSR count).